The maximum Gasteiger partial charge on any atom is 0.259 e. The van der Waals surface area contributed by atoms with Crippen molar-refractivity contribution in [3.8, 4) is 5.75 Å². The van der Waals surface area contributed by atoms with Crippen molar-refractivity contribution < 1.29 is 14.3 Å². The minimum absolute atomic E-state index is 0.0451. The second-order valence-electron chi connectivity index (χ2n) is 6.26. The van der Waals surface area contributed by atoms with Crippen molar-refractivity contribution in [1.82, 2.24) is 0 Å². The minimum atomic E-state index is -0.276. The molecule has 0 saturated heterocycles. The van der Waals surface area contributed by atoms with Crippen LogP contribution in [0.15, 0.2) is 46.9 Å². The highest BCUT2D eigenvalue weighted by Gasteiger charge is 2.14. The predicted octanol–water partition coefficient (Wildman–Crippen LogP) is 5.33. The lowest BCUT2D eigenvalue weighted by molar-refractivity contribution is 0.100. The summed E-state index contributed by atoms with van der Waals surface area (Å²) in [5.74, 6) is 0.754. The molecule has 0 atom stereocenters. The molecule has 25 heavy (non-hydrogen) atoms. The lowest BCUT2D eigenvalue weighted by atomic mass is 10.1. The maximum atomic E-state index is 12.7. The first-order valence-electron chi connectivity index (χ1n) is 8.21. The summed E-state index contributed by atoms with van der Waals surface area (Å²) in [7, 11) is 0. The van der Waals surface area contributed by atoms with Crippen molar-refractivity contribution >= 4 is 33.3 Å². The minimum Gasteiger partial charge on any atom is -0.493 e. The van der Waals surface area contributed by atoms with Crippen LogP contribution in [0.1, 0.15) is 47.9 Å². The van der Waals surface area contributed by atoms with Gasteiger partial charge in [-0.05, 0) is 49.6 Å². The molecular weight excluding hydrogens is 382 g/mol. The van der Waals surface area contributed by atoms with E-state index < -0.39 is 0 Å². The zero-order valence-corrected chi connectivity index (χ0v) is 16.2. The molecule has 0 radical (unpaired) electrons. The standard InChI is InChI=1S/C20H22BrNO3/c1-13(2)9-10-25-19-8-7-16(21)12-18(19)20(24)22-17-6-4-5-15(11-17)14(3)23/h4-8,11-13H,9-10H2,1-3H3,(H,22,24). The largest absolute Gasteiger partial charge is 0.493 e. The Kier molecular flexibility index (Phi) is 6.76. The van der Waals surface area contributed by atoms with E-state index in [1.165, 1.54) is 6.92 Å². The zero-order chi connectivity index (χ0) is 18.4. The van der Waals surface area contributed by atoms with Gasteiger partial charge in [0, 0.05) is 15.7 Å². The van der Waals surface area contributed by atoms with E-state index in [-0.39, 0.29) is 11.7 Å². The topological polar surface area (TPSA) is 55.4 Å². The number of amides is 1. The molecule has 0 aliphatic carbocycles. The predicted molar refractivity (Wildman–Crippen MR) is 103 cm³/mol. The van der Waals surface area contributed by atoms with Crippen LogP contribution in [0.25, 0.3) is 0 Å². The number of Topliss-reactive ketones (excluding diaryl/α,β-unsaturated/α-hetero) is 1. The van der Waals surface area contributed by atoms with Crippen LogP contribution in [0, 0.1) is 5.92 Å². The number of carbonyl (C=O) groups excluding carboxylic acids is 2. The Morgan fingerprint density at radius 3 is 2.60 bits per heavy atom. The van der Waals surface area contributed by atoms with Crippen LogP contribution in [-0.2, 0) is 0 Å². The molecule has 2 aromatic carbocycles. The summed E-state index contributed by atoms with van der Waals surface area (Å²) in [4.78, 5) is 24.2. The van der Waals surface area contributed by atoms with Crippen LogP contribution in [-0.4, -0.2) is 18.3 Å². The SMILES string of the molecule is CC(=O)c1cccc(NC(=O)c2cc(Br)ccc2OCCC(C)C)c1. The Bertz CT molecular complexity index is 771. The fourth-order valence-corrected chi connectivity index (χ4v) is 2.59. The van der Waals surface area contributed by atoms with Crippen molar-refractivity contribution in [3.05, 3.63) is 58.1 Å². The van der Waals surface area contributed by atoms with Gasteiger partial charge in [-0.15, -0.1) is 0 Å². The quantitative estimate of drug-likeness (QED) is 0.635. The molecule has 0 aromatic heterocycles. The summed E-state index contributed by atoms with van der Waals surface area (Å²) in [5, 5.41) is 2.83. The summed E-state index contributed by atoms with van der Waals surface area (Å²) in [6.45, 7) is 6.30. The first-order valence-corrected chi connectivity index (χ1v) is 9.01. The first kappa shape index (κ1) is 19.2. The molecule has 1 N–H and O–H groups in total. The third-order valence-corrected chi connectivity index (χ3v) is 4.16. The number of carbonyl (C=O) groups is 2. The molecular formula is C20H22BrNO3. The Morgan fingerprint density at radius 1 is 1.16 bits per heavy atom. The molecule has 2 aromatic rings. The molecule has 0 bridgehead atoms. The second-order valence-corrected chi connectivity index (χ2v) is 7.18. The molecule has 0 aliphatic heterocycles. The summed E-state index contributed by atoms with van der Waals surface area (Å²) >= 11 is 3.39. The second kappa shape index (κ2) is 8.81. The number of nitrogens with one attached hydrogen (secondary N) is 1. The van der Waals surface area contributed by atoms with Crippen molar-refractivity contribution in [1.29, 1.82) is 0 Å². The number of hydrogen-bond donors (Lipinski definition) is 1. The molecule has 0 aliphatic rings. The molecule has 132 valence electrons. The van der Waals surface area contributed by atoms with Crippen LogP contribution in [0.5, 0.6) is 5.75 Å². The first-order chi connectivity index (χ1) is 11.9. The van der Waals surface area contributed by atoms with Gasteiger partial charge in [-0.2, -0.15) is 0 Å². The average Bonchev–Trinajstić information content (AvgIpc) is 2.56. The van der Waals surface area contributed by atoms with E-state index in [1.807, 2.05) is 6.07 Å². The number of halogens is 1. The summed E-state index contributed by atoms with van der Waals surface area (Å²) in [6.07, 6.45) is 0.914. The molecule has 0 spiro atoms. The van der Waals surface area contributed by atoms with Crippen LogP contribution in [0.3, 0.4) is 0 Å². The summed E-state index contributed by atoms with van der Waals surface area (Å²) in [5.41, 5.74) is 1.58. The molecule has 0 heterocycles. The van der Waals surface area contributed by atoms with E-state index in [0.717, 1.165) is 10.9 Å². The van der Waals surface area contributed by atoms with E-state index in [1.54, 1.807) is 36.4 Å². The molecule has 2 rings (SSSR count). The summed E-state index contributed by atoms with van der Waals surface area (Å²) in [6, 6.07) is 12.2. The van der Waals surface area contributed by atoms with Crippen LogP contribution in [0.2, 0.25) is 0 Å². The Hall–Kier alpha value is -2.14. The number of ketones is 1. The highest BCUT2D eigenvalue weighted by molar-refractivity contribution is 9.10. The van der Waals surface area contributed by atoms with E-state index in [2.05, 4.69) is 35.1 Å². The monoisotopic (exact) mass is 403 g/mol. The molecule has 5 heteroatoms. The number of anilines is 1. The van der Waals surface area contributed by atoms with Crippen LogP contribution < -0.4 is 10.1 Å². The maximum absolute atomic E-state index is 12.7. The van der Waals surface area contributed by atoms with Gasteiger partial charge in [-0.3, -0.25) is 9.59 Å². The Balaban J connectivity index is 2.18. The van der Waals surface area contributed by atoms with Gasteiger partial charge in [-0.25, -0.2) is 0 Å². The van der Waals surface area contributed by atoms with E-state index >= 15 is 0 Å². The van der Waals surface area contributed by atoms with E-state index in [9.17, 15) is 9.59 Å². The van der Waals surface area contributed by atoms with Gasteiger partial charge < -0.3 is 10.1 Å². The van der Waals surface area contributed by atoms with Crippen molar-refractivity contribution in [2.45, 2.75) is 27.2 Å². The number of ether oxygens (including phenoxy) is 1. The fraction of sp³-hybridized carbons (Fsp3) is 0.300. The number of hydrogen-bond acceptors (Lipinski definition) is 3. The van der Waals surface area contributed by atoms with Crippen LogP contribution >= 0.6 is 15.9 Å². The number of rotatable bonds is 7. The van der Waals surface area contributed by atoms with E-state index in [0.29, 0.717) is 35.1 Å². The van der Waals surface area contributed by atoms with Crippen molar-refractivity contribution in [2.24, 2.45) is 5.92 Å². The van der Waals surface area contributed by atoms with Gasteiger partial charge in [0.15, 0.2) is 5.78 Å². The molecule has 0 fully saturated rings. The molecule has 4 nitrogen and oxygen atoms in total. The highest BCUT2D eigenvalue weighted by Crippen LogP contribution is 2.25. The Morgan fingerprint density at radius 2 is 1.92 bits per heavy atom. The molecule has 0 saturated carbocycles. The normalized spacial score (nSPS) is 10.6. The Labute approximate surface area is 156 Å². The van der Waals surface area contributed by atoms with Gasteiger partial charge in [0.2, 0.25) is 0 Å². The van der Waals surface area contributed by atoms with E-state index in [4.69, 9.17) is 4.74 Å². The van der Waals surface area contributed by atoms with Crippen molar-refractivity contribution in [3.63, 3.8) is 0 Å². The van der Waals surface area contributed by atoms with Gasteiger partial charge in [-0.1, -0.05) is 41.9 Å². The number of benzene rings is 2. The third-order valence-electron chi connectivity index (χ3n) is 3.67. The van der Waals surface area contributed by atoms with Gasteiger partial charge >= 0.3 is 0 Å². The zero-order valence-electron chi connectivity index (χ0n) is 14.6. The molecule has 1 amide bonds. The molecule has 0 unspecified atom stereocenters. The fourth-order valence-electron chi connectivity index (χ4n) is 2.22. The smallest absolute Gasteiger partial charge is 0.259 e. The van der Waals surface area contributed by atoms with Gasteiger partial charge in [0.1, 0.15) is 5.75 Å². The third kappa shape index (κ3) is 5.71. The lowest BCUT2D eigenvalue weighted by Gasteiger charge is -2.13. The summed E-state index contributed by atoms with van der Waals surface area (Å²) < 4.78 is 6.59. The van der Waals surface area contributed by atoms with Crippen LogP contribution in [0.4, 0.5) is 5.69 Å². The van der Waals surface area contributed by atoms with Gasteiger partial charge in [0.25, 0.3) is 5.91 Å². The van der Waals surface area contributed by atoms with Crippen molar-refractivity contribution in [2.75, 3.05) is 11.9 Å². The lowest BCUT2D eigenvalue weighted by Crippen LogP contribution is -2.14. The van der Waals surface area contributed by atoms with Gasteiger partial charge in [0.05, 0.1) is 12.2 Å². The average molecular weight is 404 g/mol. The highest BCUT2D eigenvalue weighted by atomic mass is 79.9.